The number of rotatable bonds is 2. The van der Waals surface area contributed by atoms with Crippen molar-refractivity contribution < 1.29 is 14.7 Å². The first-order valence-corrected chi connectivity index (χ1v) is 7.96. The number of carbonyl (C=O) groups excluding carboxylic acids is 2. The van der Waals surface area contributed by atoms with Crippen LogP contribution in [0.15, 0.2) is 36.4 Å². The summed E-state index contributed by atoms with van der Waals surface area (Å²) in [5.41, 5.74) is 1.41. The SMILES string of the molecule is O=C1[C@@H]2[C@@H]3C=C[C@@H]([C@H]4C[C@@H]34)[C@@H]2C(=O)N1c1ccc(CO)cc1. The zero-order valence-corrected chi connectivity index (χ0v) is 12.1. The van der Waals surface area contributed by atoms with Crippen LogP contribution < -0.4 is 4.90 Å². The third-order valence-electron chi connectivity index (χ3n) is 6.04. The number of allylic oxidation sites excluding steroid dienone is 2. The Balaban J connectivity index is 1.54. The van der Waals surface area contributed by atoms with Gasteiger partial charge in [0.25, 0.3) is 0 Å². The first-order chi connectivity index (χ1) is 10.7. The van der Waals surface area contributed by atoms with Gasteiger partial charge in [0.15, 0.2) is 0 Å². The fourth-order valence-corrected chi connectivity index (χ4v) is 4.96. The van der Waals surface area contributed by atoms with Crippen LogP contribution in [0.5, 0.6) is 0 Å². The minimum Gasteiger partial charge on any atom is -0.392 e. The van der Waals surface area contributed by atoms with Gasteiger partial charge in [0, 0.05) is 0 Å². The molecule has 1 aromatic carbocycles. The summed E-state index contributed by atoms with van der Waals surface area (Å²) in [6, 6.07) is 7.05. The van der Waals surface area contributed by atoms with Crippen molar-refractivity contribution in [1.82, 2.24) is 0 Å². The van der Waals surface area contributed by atoms with E-state index in [1.165, 1.54) is 11.3 Å². The fourth-order valence-electron chi connectivity index (χ4n) is 4.96. The van der Waals surface area contributed by atoms with Gasteiger partial charge in [-0.3, -0.25) is 14.5 Å². The molecule has 3 fully saturated rings. The maximum absolute atomic E-state index is 12.9. The third-order valence-corrected chi connectivity index (χ3v) is 6.04. The van der Waals surface area contributed by atoms with E-state index < -0.39 is 0 Å². The van der Waals surface area contributed by atoms with Crippen molar-refractivity contribution in [2.24, 2.45) is 35.5 Å². The first-order valence-electron chi connectivity index (χ1n) is 7.96. The minimum atomic E-state index is -0.149. The Morgan fingerprint density at radius 2 is 1.50 bits per heavy atom. The van der Waals surface area contributed by atoms with Crippen LogP contribution in [0.1, 0.15) is 12.0 Å². The molecule has 1 saturated heterocycles. The number of hydrogen-bond acceptors (Lipinski definition) is 3. The second kappa shape index (κ2) is 4.07. The Labute approximate surface area is 128 Å². The molecule has 1 heterocycles. The molecule has 4 nitrogen and oxygen atoms in total. The van der Waals surface area contributed by atoms with Gasteiger partial charge in [-0.2, -0.15) is 0 Å². The summed E-state index contributed by atoms with van der Waals surface area (Å²) in [4.78, 5) is 27.1. The van der Waals surface area contributed by atoms with Crippen LogP contribution in [-0.2, 0) is 16.2 Å². The van der Waals surface area contributed by atoms with Crippen molar-refractivity contribution in [3.8, 4) is 0 Å². The van der Waals surface area contributed by atoms with Crippen LogP contribution in [0.2, 0.25) is 0 Å². The summed E-state index contributed by atoms with van der Waals surface area (Å²) in [5.74, 6) is 1.42. The van der Waals surface area contributed by atoms with Crippen LogP contribution >= 0.6 is 0 Å². The molecule has 6 rings (SSSR count). The van der Waals surface area contributed by atoms with Gasteiger partial charge in [0.1, 0.15) is 0 Å². The minimum absolute atomic E-state index is 0.0311. The lowest BCUT2D eigenvalue weighted by Crippen LogP contribution is -2.40. The zero-order valence-electron chi connectivity index (χ0n) is 12.1. The molecule has 2 saturated carbocycles. The molecule has 6 atom stereocenters. The smallest absolute Gasteiger partial charge is 0.238 e. The molecule has 1 aliphatic heterocycles. The summed E-state index contributed by atoms with van der Waals surface area (Å²) in [5, 5.41) is 9.12. The van der Waals surface area contributed by atoms with E-state index in [0.717, 1.165) is 5.56 Å². The van der Waals surface area contributed by atoms with Crippen molar-refractivity contribution in [1.29, 1.82) is 0 Å². The summed E-state index contributed by atoms with van der Waals surface area (Å²) >= 11 is 0. The molecule has 2 bridgehead atoms. The standard InChI is InChI=1S/C18H17NO3/c20-8-9-1-3-10(4-2-9)19-17(21)15-11-5-6-12(14-7-13(11)14)16(15)18(19)22/h1-6,11-16,20H,7-8H2/t11-,12+,13+,14-,15-,16+. The summed E-state index contributed by atoms with van der Waals surface area (Å²) in [7, 11) is 0. The summed E-state index contributed by atoms with van der Waals surface area (Å²) in [6.07, 6.45) is 5.55. The number of amides is 2. The highest BCUT2D eigenvalue weighted by Gasteiger charge is 2.67. The highest BCUT2D eigenvalue weighted by molar-refractivity contribution is 6.22. The van der Waals surface area contributed by atoms with Crippen LogP contribution in [0.3, 0.4) is 0 Å². The van der Waals surface area contributed by atoms with E-state index in [-0.39, 0.29) is 42.1 Å². The van der Waals surface area contributed by atoms with E-state index in [1.807, 2.05) is 0 Å². The van der Waals surface area contributed by atoms with Gasteiger partial charge in [-0.1, -0.05) is 24.3 Å². The Kier molecular flexibility index (Phi) is 2.33. The van der Waals surface area contributed by atoms with Crippen LogP contribution in [0.4, 0.5) is 5.69 Å². The molecule has 1 N–H and O–H groups in total. The molecule has 0 spiro atoms. The van der Waals surface area contributed by atoms with Crippen molar-refractivity contribution in [2.45, 2.75) is 13.0 Å². The highest BCUT2D eigenvalue weighted by atomic mass is 16.3. The topological polar surface area (TPSA) is 57.6 Å². The highest BCUT2D eigenvalue weighted by Crippen LogP contribution is 2.65. The molecule has 2 amide bonds. The number of hydrogen-bond donors (Lipinski definition) is 1. The number of benzene rings is 1. The average molecular weight is 295 g/mol. The van der Waals surface area contributed by atoms with E-state index in [4.69, 9.17) is 5.11 Å². The van der Waals surface area contributed by atoms with Crippen LogP contribution in [0.25, 0.3) is 0 Å². The second-order valence-electron chi connectivity index (χ2n) is 6.99. The quantitative estimate of drug-likeness (QED) is 0.668. The number of aliphatic hydroxyl groups excluding tert-OH is 1. The lowest BCUT2D eigenvalue weighted by Gasteiger charge is -2.37. The van der Waals surface area contributed by atoms with Crippen LogP contribution in [-0.4, -0.2) is 16.9 Å². The van der Waals surface area contributed by atoms with Gasteiger partial charge < -0.3 is 5.11 Å². The van der Waals surface area contributed by atoms with E-state index in [2.05, 4.69) is 12.2 Å². The molecule has 4 heteroatoms. The lowest BCUT2D eigenvalue weighted by atomic mass is 9.63. The van der Waals surface area contributed by atoms with Gasteiger partial charge in [-0.15, -0.1) is 0 Å². The van der Waals surface area contributed by atoms with Crippen molar-refractivity contribution in [3.05, 3.63) is 42.0 Å². The van der Waals surface area contributed by atoms with Gasteiger partial charge in [0.2, 0.25) is 11.8 Å². The monoisotopic (exact) mass is 295 g/mol. The van der Waals surface area contributed by atoms with Crippen molar-refractivity contribution >= 4 is 17.5 Å². The molecule has 0 aromatic heterocycles. The Hall–Kier alpha value is -1.94. The maximum Gasteiger partial charge on any atom is 0.238 e. The maximum atomic E-state index is 12.9. The molecular formula is C18H17NO3. The largest absolute Gasteiger partial charge is 0.392 e. The summed E-state index contributed by atoms with van der Waals surface area (Å²) < 4.78 is 0. The number of anilines is 1. The Bertz CT molecular complexity index is 672. The predicted octanol–water partition coefficient (Wildman–Crippen LogP) is 1.74. The fraction of sp³-hybridized carbons (Fsp3) is 0.444. The molecule has 0 unspecified atom stereocenters. The number of imide groups is 1. The van der Waals surface area contributed by atoms with E-state index in [0.29, 0.717) is 17.5 Å². The Morgan fingerprint density at radius 1 is 0.955 bits per heavy atom. The number of carbonyl (C=O) groups is 2. The molecule has 1 aromatic rings. The van der Waals surface area contributed by atoms with E-state index in [9.17, 15) is 9.59 Å². The average Bonchev–Trinajstić information content (AvgIpc) is 3.32. The van der Waals surface area contributed by atoms with Gasteiger partial charge in [-0.25, -0.2) is 0 Å². The third kappa shape index (κ3) is 1.41. The van der Waals surface area contributed by atoms with Gasteiger partial charge >= 0.3 is 0 Å². The molecular weight excluding hydrogens is 278 g/mol. The van der Waals surface area contributed by atoms with E-state index >= 15 is 0 Å². The van der Waals surface area contributed by atoms with Crippen molar-refractivity contribution in [2.75, 3.05) is 4.90 Å². The number of aliphatic hydroxyl groups is 1. The van der Waals surface area contributed by atoms with Gasteiger partial charge in [-0.05, 0) is 47.8 Å². The molecule has 112 valence electrons. The van der Waals surface area contributed by atoms with Gasteiger partial charge in [0.05, 0.1) is 24.1 Å². The molecule has 0 radical (unpaired) electrons. The van der Waals surface area contributed by atoms with E-state index in [1.54, 1.807) is 24.3 Å². The van der Waals surface area contributed by atoms with Crippen LogP contribution in [0, 0.1) is 35.5 Å². The predicted molar refractivity (Wildman–Crippen MR) is 79.6 cm³/mol. The first kappa shape index (κ1) is 12.6. The molecule has 4 aliphatic carbocycles. The molecule has 5 aliphatic rings. The zero-order chi connectivity index (χ0) is 15.0. The second-order valence-corrected chi connectivity index (χ2v) is 6.99. The number of nitrogens with zero attached hydrogens (tertiary/aromatic N) is 1. The normalized spacial score (nSPS) is 40.9. The molecule has 22 heavy (non-hydrogen) atoms. The Morgan fingerprint density at radius 3 is 2.00 bits per heavy atom. The van der Waals surface area contributed by atoms with Crippen molar-refractivity contribution in [3.63, 3.8) is 0 Å². The lowest BCUT2D eigenvalue weighted by molar-refractivity contribution is -0.124. The summed E-state index contributed by atoms with van der Waals surface area (Å²) in [6.45, 7) is -0.0369.